The molecule has 2 aromatic rings. The molecule has 0 spiro atoms. The predicted octanol–water partition coefficient (Wildman–Crippen LogP) is 2.13. The number of carbonyl (C=O) groups is 2. The Morgan fingerprint density at radius 1 is 1.03 bits per heavy atom. The molecule has 2 amide bonds. The molecule has 0 radical (unpaired) electrons. The van der Waals surface area contributed by atoms with E-state index >= 15 is 0 Å². The van der Waals surface area contributed by atoms with Crippen molar-refractivity contribution in [2.24, 2.45) is 0 Å². The molecule has 2 aliphatic rings. The largest absolute Gasteiger partial charge is 0.495 e. The van der Waals surface area contributed by atoms with Crippen molar-refractivity contribution in [2.75, 3.05) is 51.8 Å². The molecule has 1 N–H and O–H groups in total. The highest BCUT2D eigenvalue weighted by Gasteiger charge is 2.29. The summed E-state index contributed by atoms with van der Waals surface area (Å²) in [5.74, 6) is -0.129. The first-order valence-electron chi connectivity index (χ1n) is 11.3. The van der Waals surface area contributed by atoms with E-state index in [0.717, 1.165) is 25.9 Å². The Labute approximate surface area is 199 Å². The van der Waals surface area contributed by atoms with E-state index < -0.39 is 10.0 Å². The summed E-state index contributed by atoms with van der Waals surface area (Å²) < 4.78 is 38.2. The van der Waals surface area contributed by atoms with Crippen LogP contribution in [0.4, 0.5) is 5.69 Å². The summed E-state index contributed by atoms with van der Waals surface area (Å²) in [4.78, 5) is 27.2. The topological polar surface area (TPSA) is 105 Å². The summed E-state index contributed by atoms with van der Waals surface area (Å²) in [6, 6.07) is 11.6. The highest BCUT2D eigenvalue weighted by Crippen LogP contribution is 2.29. The number of rotatable bonds is 7. The molecular formula is C24H29N3O6S. The molecule has 2 heterocycles. The predicted molar refractivity (Wildman–Crippen MR) is 126 cm³/mol. The van der Waals surface area contributed by atoms with Crippen LogP contribution in [0.3, 0.4) is 0 Å². The number of ether oxygens (including phenoxy) is 2. The lowest BCUT2D eigenvalue weighted by Crippen LogP contribution is -2.40. The maximum absolute atomic E-state index is 13.2. The normalized spacial score (nSPS) is 16.9. The van der Waals surface area contributed by atoms with Crippen LogP contribution < -0.4 is 10.1 Å². The number of benzene rings is 2. The summed E-state index contributed by atoms with van der Waals surface area (Å²) in [6.07, 6.45) is 1.99. The van der Waals surface area contributed by atoms with Gasteiger partial charge in [-0.15, -0.1) is 0 Å². The van der Waals surface area contributed by atoms with Crippen LogP contribution in [-0.2, 0) is 26.0 Å². The number of nitrogens with zero attached hydrogens (tertiary/aromatic N) is 2. The van der Waals surface area contributed by atoms with Crippen LogP contribution in [0, 0.1) is 0 Å². The minimum atomic E-state index is -3.79. The minimum Gasteiger partial charge on any atom is -0.495 e. The Morgan fingerprint density at radius 2 is 1.76 bits per heavy atom. The van der Waals surface area contributed by atoms with Gasteiger partial charge in [-0.1, -0.05) is 12.1 Å². The molecule has 2 aliphatic heterocycles. The number of morpholine rings is 1. The lowest BCUT2D eigenvalue weighted by Gasteiger charge is -2.26. The van der Waals surface area contributed by atoms with Crippen molar-refractivity contribution in [2.45, 2.75) is 24.2 Å². The smallest absolute Gasteiger partial charge is 0.253 e. The molecule has 0 aromatic heterocycles. The molecule has 0 saturated carbocycles. The fraction of sp³-hybridized carbons (Fsp3) is 0.417. The highest BCUT2D eigenvalue weighted by molar-refractivity contribution is 7.89. The van der Waals surface area contributed by atoms with Gasteiger partial charge in [0.25, 0.3) is 5.91 Å². The van der Waals surface area contributed by atoms with E-state index in [0.29, 0.717) is 30.0 Å². The van der Waals surface area contributed by atoms with Crippen molar-refractivity contribution < 1.29 is 27.5 Å². The van der Waals surface area contributed by atoms with Crippen LogP contribution in [0.15, 0.2) is 47.4 Å². The Bertz CT molecular complexity index is 1160. The van der Waals surface area contributed by atoms with Crippen LogP contribution >= 0.6 is 0 Å². The highest BCUT2D eigenvalue weighted by atomic mass is 32.2. The van der Waals surface area contributed by atoms with Crippen LogP contribution in [0.25, 0.3) is 0 Å². The third-order valence-electron chi connectivity index (χ3n) is 5.97. The fourth-order valence-corrected chi connectivity index (χ4v) is 5.80. The van der Waals surface area contributed by atoms with Crippen molar-refractivity contribution >= 4 is 27.5 Å². The summed E-state index contributed by atoms with van der Waals surface area (Å²) in [7, 11) is -2.38. The zero-order chi connectivity index (χ0) is 24.1. The molecular weight excluding hydrogens is 458 g/mol. The van der Waals surface area contributed by atoms with Crippen molar-refractivity contribution in [1.82, 2.24) is 9.21 Å². The maximum atomic E-state index is 13.2. The monoisotopic (exact) mass is 487 g/mol. The molecule has 34 heavy (non-hydrogen) atoms. The zero-order valence-electron chi connectivity index (χ0n) is 19.2. The number of carbonyl (C=O) groups excluding carboxylic acids is 2. The van der Waals surface area contributed by atoms with Gasteiger partial charge in [0.05, 0.1) is 26.7 Å². The number of amides is 2. The number of likely N-dealkylation sites (tertiary alicyclic amines) is 1. The van der Waals surface area contributed by atoms with Gasteiger partial charge in [0.1, 0.15) is 10.6 Å². The van der Waals surface area contributed by atoms with Gasteiger partial charge >= 0.3 is 0 Å². The molecule has 0 unspecified atom stereocenters. The Kier molecular flexibility index (Phi) is 7.50. The first-order valence-corrected chi connectivity index (χ1v) is 12.8. The molecule has 182 valence electrons. The molecule has 2 fully saturated rings. The first kappa shape index (κ1) is 24.2. The van der Waals surface area contributed by atoms with E-state index in [4.69, 9.17) is 9.47 Å². The van der Waals surface area contributed by atoms with Crippen LogP contribution in [0.5, 0.6) is 5.75 Å². The van der Waals surface area contributed by atoms with E-state index in [-0.39, 0.29) is 42.0 Å². The van der Waals surface area contributed by atoms with E-state index in [1.165, 1.54) is 17.5 Å². The molecule has 0 aliphatic carbocycles. The van der Waals surface area contributed by atoms with Gasteiger partial charge < -0.3 is 19.7 Å². The lowest BCUT2D eigenvalue weighted by atomic mass is 10.1. The van der Waals surface area contributed by atoms with Gasteiger partial charge in [-0.05, 0) is 48.7 Å². The van der Waals surface area contributed by atoms with Gasteiger partial charge in [-0.25, -0.2) is 8.42 Å². The SMILES string of the molecule is COc1ccc(CC(=O)Nc2cccc(C(=O)N3CCCC3)c2)cc1S(=O)(=O)N1CCOCC1. The minimum absolute atomic E-state index is 0.0279. The average molecular weight is 488 g/mol. The van der Waals surface area contributed by atoms with Crippen LogP contribution in [-0.4, -0.2) is 75.9 Å². The van der Waals surface area contributed by atoms with Crippen molar-refractivity contribution in [3.8, 4) is 5.75 Å². The second-order valence-corrected chi connectivity index (χ2v) is 10.2. The van der Waals surface area contributed by atoms with Crippen molar-refractivity contribution in [1.29, 1.82) is 0 Å². The van der Waals surface area contributed by atoms with E-state index in [1.807, 2.05) is 4.90 Å². The van der Waals surface area contributed by atoms with E-state index in [1.54, 1.807) is 36.4 Å². The molecule has 0 bridgehead atoms. The summed E-state index contributed by atoms with van der Waals surface area (Å²) in [5.41, 5.74) is 1.59. The number of nitrogens with one attached hydrogen (secondary N) is 1. The second kappa shape index (κ2) is 10.5. The van der Waals surface area contributed by atoms with Gasteiger partial charge in [0.15, 0.2) is 0 Å². The number of sulfonamides is 1. The number of hydrogen-bond acceptors (Lipinski definition) is 6. The van der Waals surface area contributed by atoms with Crippen LogP contribution in [0.1, 0.15) is 28.8 Å². The summed E-state index contributed by atoms with van der Waals surface area (Å²) in [5, 5.41) is 2.81. The Balaban J connectivity index is 1.48. The van der Waals surface area contributed by atoms with Gasteiger partial charge in [0.2, 0.25) is 15.9 Å². The average Bonchev–Trinajstić information content (AvgIpc) is 3.39. The van der Waals surface area contributed by atoms with Gasteiger partial charge in [-0.3, -0.25) is 9.59 Å². The van der Waals surface area contributed by atoms with E-state index in [9.17, 15) is 18.0 Å². The van der Waals surface area contributed by atoms with Gasteiger partial charge in [0, 0.05) is 37.4 Å². The van der Waals surface area contributed by atoms with Crippen molar-refractivity contribution in [3.63, 3.8) is 0 Å². The second-order valence-electron chi connectivity index (χ2n) is 8.31. The quantitative estimate of drug-likeness (QED) is 0.642. The number of hydrogen-bond donors (Lipinski definition) is 1. The molecule has 2 saturated heterocycles. The standard InChI is InChI=1S/C24H29N3O6S/c1-32-21-8-7-18(15-22(21)34(30,31)27-11-13-33-14-12-27)16-23(28)25-20-6-4-5-19(17-20)24(29)26-9-2-3-10-26/h4-8,15,17H,2-3,9-14,16H2,1H3,(H,25,28). The third kappa shape index (κ3) is 5.40. The zero-order valence-corrected chi connectivity index (χ0v) is 20.0. The molecule has 0 atom stereocenters. The molecule has 4 rings (SSSR count). The van der Waals surface area contributed by atoms with E-state index in [2.05, 4.69) is 5.32 Å². The summed E-state index contributed by atoms with van der Waals surface area (Å²) >= 11 is 0. The first-order chi connectivity index (χ1) is 16.4. The van der Waals surface area contributed by atoms with Crippen LogP contribution in [0.2, 0.25) is 0 Å². The lowest BCUT2D eigenvalue weighted by molar-refractivity contribution is -0.115. The number of anilines is 1. The molecule has 10 heteroatoms. The third-order valence-corrected chi connectivity index (χ3v) is 7.89. The number of methoxy groups -OCH3 is 1. The molecule has 2 aromatic carbocycles. The van der Waals surface area contributed by atoms with Gasteiger partial charge in [-0.2, -0.15) is 4.31 Å². The van der Waals surface area contributed by atoms with Crippen molar-refractivity contribution in [3.05, 3.63) is 53.6 Å². The fourth-order valence-electron chi connectivity index (χ4n) is 4.18. The maximum Gasteiger partial charge on any atom is 0.253 e. The summed E-state index contributed by atoms with van der Waals surface area (Å²) in [6.45, 7) is 2.71. The molecule has 9 nitrogen and oxygen atoms in total. The Hall–Kier alpha value is -2.95. The Morgan fingerprint density at radius 3 is 2.47 bits per heavy atom.